The van der Waals surface area contributed by atoms with Gasteiger partial charge in [-0.3, -0.25) is 4.79 Å². The molecule has 6 nitrogen and oxygen atoms in total. The zero-order valence-corrected chi connectivity index (χ0v) is 11.7. The van der Waals surface area contributed by atoms with Crippen LogP contribution < -0.4 is 5.73 Å². The fraction of sp³-hybridized carbons (Fsp3) is 0.727. The maximum Gasteiger partial charge on any atom is 0.319 e. The third-order valence-electron chi connectivity index (χ3n) is 3.02. The number of rotatable bonds is 6. The van der Waals surface area contributed by atoms with Gasteiger partial charge in [0.15, 0.2) is 0 Å². The fourth-order valence-corrected chi connectivity index (χ4v) is 1.83. The number of hydrogen-bond donors (Lipinski definition) is 1. The zero-order valence-electron chi connectivity index (χ0n) is 10.9. The van der Waals surface area contributed by atoms with E-state index in [9.17, 15) is 9.59 Å². The average Bonchev–Trinajstić information content (AvgIpc) is 2.64. The second-order valence-electron chi connectivity index (χ2n) is 4.47. The minimum absolute atomic E-state index is 0.00594. The second-order valence-corrected chi connectivity index (χ2v) is 5.00. The molecular formula is C11H20N4O2S. The predicted octanol–water partition coefficient (Wildman–Crippen LogP) is -0.121. The Morgan fingerprint density at radius 1 is 1.44 bits per heavy atom. The van der Waals surface area contributed by atoms with Crippen molar-refractivity contribution in [2.75, 3.05) is 40.3 Å². The van der Waals surface area contributed by atoms with Crippen LogP contribution in [0.15, 0.2) is 0 Å². The molecule has 2 N–H and O–H groups in total. The van der Waals surface area contributed by atoms with E-state index in [2.05, 4.69) is 0 Å². The molecule has 1 saturated heterocycles. The van der Waals surface area contributed by atoms with Crippen molar-refractivity contribution in [1.29, 1.82) is 0 Å². The van der Waals surface area contributed by atoms with Crippen LogP contribution in [0.4, 0.5) is 4.79 Å². The number of nitrogens with zero attached hydrogens (tertiary/aromatic N) is 3. The topological polar surface area (TPSA) is 69.9 Å². The summed E-state index contributed by atoms with van der Waals surface area (Å²) in [5, 5.41) is 0. The molecule has 0 aromatic heterocycles. The maximum absolute atomic E-state index is 11.8. The number of nitrogens with two attached hydrogens (primary N) is 1. The summed E-state index contributed by atoms with van der Waals surface area (Å²) in [6.45, 7) is 2.42. The lowest BCUT2D eigenvalue weighted by atomic mass is 10.3. The van der Waals surface area contributed by atoms with Gasteiger partial charge in [-0.1, -0.05) is 12.2 Å². The van der Waals surface area contributed by atoms with E-state index in [0.29, 0.717) is 37.5 Å². The zero-order chi connectivity index (χ0) is 13.7. The Balaban J connectivity index is 2.28. The van der Waals surface area contributed by atoms with Gasteiger partial charge in [0.05, 0.1) is 4.99 Å². The first kappa shape index (κ1) is 14.7. The van der Waals surface area contributed by atoms with E-state index in [1.54, 1.807) is 28.8 Å². The Labute approximate surface area is 113 Å². The molecule has 1 heterocycles. The van der Waals surface area contributed by atoms with Gasteiger partial charge in [-0.05, 0) is 0 Å². The summed E-state index contributed by atoms with van der Waals surface area (Å²) in [6, 6.07) is -0.00594. The van der Waals surface area contributed by atoms with Crippen LogP contribution in [0.2, 0.25) is 0 Å². The van der Waals surface area contributed by atoms with Gasteiger partial charge < -0.3 is 20.4 Å². The Hall–Kier alpha value is -1.37. The van der Waals surface area contributed by atoms with Gasteiger partial charge in [-0.15, -0.1) is 0 Å². The number of carbonyl (C=O) groups excluding carboxylic acids is 2. The number of thiocarbonyl (C=S) groups is 1. The van der Waals surface area contributed by atoms with Crippen molar-refractivity contribution >= 4 is 29.1 Å². The lowest BCUT2D eigenvalue weighted by molar-refractivity contribution is -0.129. The van der Waals surface area contributed by atoms with Crippen LogP contribution >= 0.6 is 12.2 Å². The van der Waals surface area contributed by atoms with Crippen molar-refractivity contribution in [2.45, 2.75) is 12.8 Å². The summed E-state index contributed by atoms with van der Waals surface area (Å²) in [5.41, 5.74) is 5.38. The third-order valence-corrected chi connectivity index (χ3v) is 3.22. The molecule has 0 spiro atoms. The molecule has 0 bridgehead atoms. The molecule has 1 rings (SSSR count). The molecular weight excluding hydrogens is 252 g/mol. The van der Waals surface area contributed by atoms with Crippen molar-refractivity contribution in [3.63, 3.8) is 0 Å². The van der Waals surface area contributed by atoms with E-state index < -0.39 is 0 Å². The number of likely N-dealkylation sites (N-methyl/N-ethyl adjacent to an activating group) is 1. The summed E-state index contributed by atoms with van der Waals surface area (Å²) in [6.07, 6.45) is 0.871. The first-order valence-corrected chi connectivity index (χ1v) is 6.35. The Morgan fingerprint density at radius 2 is 2.11 bits per heavy atom. The summed E-state index contributed by atoms with van der Waals surface area (Å²) < 4.78 is 0. The van der Waals surface area contributed by atoms with Crippen LogP contribution in [-0.4, -0.2) is 71.9 Å². The Bertz CT molecular complexity index is 348. The van der Waals surface area contributed by atoms with Crippen LogP contribution in [-0.2, 0) is 4.79 Å². The fourth-order valence-electron chi connectivity index (χ4n) is 1.73. The molecule has 18 heavy (non-hydrogen) atoms. The van der Waals surface area contributed by atoms with Gasteiger partial charge in [0.2, 0.25) is 5.91 Å². The minimum atomic E-state index is -0.00594. The van der Waals surface area contributed by atoms with Crippen molar-refractivity contribution in [3.8, 4) is 0 Å². The molecule has 1 fully saturated rings. The summed E-state index contributed by atoms with van der Waals surface area (Å²) in [4.78, 5) is 28.7. The SMILES string of the molecule is CN(CCC(N)=S)C(=O)CCN1CCN(C)C1=O. The van der Waals surface area contributed by atoms with Crippen molar-refractivity contribution < 1.29 is 9.59 Å². The van der Waals surface area contributed by atoms with E-state index in [1.807, 2.05) is 0 Å². The van der Waals surface area contributed by atoms with Crippen LogP contribution in [0, 0.1) is 0 Å². The summed E-state index contributed by atoms with van der Waals surface area (Å²) in [5.74, 6) is 0.00797. The predicted molar refractivity (Wildman–Crippen MR) is 73.3 cm³/mol. The highest BCUT2D eigenvalue weighted by Gasteiger charge is 2.25. The average molecular weight is 272 g/mol. The molecule has 0 radical (unpaired) electrons. The van der Waals surface area contributed by atoms with E-state index in [-0.39, 0.29) is 11.9 Å². The molecule has 3 amide bonds. The highest BCUT2D eigenvalue weighted by atomic mass is 32.1. The van der Waals surface area contributed by atoms with Crippen molar-refractivity contribution in [1.82, 2.24) is 14.7 Å². The van der Waals surface area contributed by atoms with E-state index in [4.69, 9.17) is 18.0 Å². The highest BCUT2D eigenvalue weighted by Crippen LogP contribution is 2.07. The molecule has 1 aliphatic heterocycles. The number of amides is 3. The second kappa shape index (κ2) is 6.53. The van der Waals surface area contributed by atoms with Crippen LogP contribution in [0.5, 0.6) is 0 Å². The van der Waals surface area contributed by atoms with E-state index >= 15 is 0 Å². The highest BCUT2D eigenvalue weighted by molar-refractivity contribution is 7.80. The largest absolute Gasteiger partial charge is 0.393 e. The molecule has 7 heteroatoms. The van der Waals surface area contributed by atoms with Gasteiger partial charge in [0.1, 0.15) is 0 Å². The molecule has 0 atom stereocenters. The quantitative estimate of drug-likeness (QED) is 0.684. The molecule has 1 aliphatic rings. The summed E-state index contributed by atoms with van der Waals surface area (Å²) in [7, 11) is 3.48. The van der Waals surface area contributed by atoms with E-state index in [0.717, 1.165) is 6.54 Å². The monoisotopic (exact) mass is 272 g/mol. The Kier molecular flexibility index (Phi) is 5.33. The first-order chi connectivity index (χ1) is 8.41. The smallest absolute Gasteiger partial charge is 0.319 e. The normalized spacial score (nSPS) is 15.1. The van der Waals surface area contributed by atoms with Gasteiger partial charge >= 0.3 is 6.03 Å². The number of urea groups is 1. The third kappa shape index (κ3) is 4.14. The number of carbonyl (C=O) groups is 2. The van der Waals surface area contributed by atoms with Gasteiger partial charge in [0.25, 0.3) is 0 Å². The molecule has 102 valence electrons. The van der Waals surface area contributed by atoms with Gasteiger partial charge in [-0.2, -0.15) is 0 Å². The van der Waals surface area contributed by atoms with Gasteiger partial charge in [-0.25, -0.2) is 4.79 Å². The lowest BCUT2D eigenvalue weighted by Crippen LogP contribution is -2.35. The maximum atomic E-state index is 11.8. The first-order valence-electron chi connectivity index (χ1n) is 5.94. The van der Waals surface area contributed by atoms with Gasteiger partial charge in [0, 0.05) is 53.1 Å². The molecule has 0 aromatic carbocycles. The Morgan fingerprint density at radius 3 is 2.61 bits per heavy atom. The minimum Gasteiger partial charge on any atom is -0.393 e. The van der Waals surface area contributed by atoms with Crippen LogP contribution in [0.1, 0.15) is 12.8 Å². The molecule has 0 aliphatic carbocycles. The summed E-state index contributed by atoms with van der Waals surface area (Å²) >= 11 is 4.76. The van der Waals surface area contributed by atoms with Crippen LogP contribution in [0.25, 0.3) is 0 Å². The molecule has 0 unspecified atom stereocenters. The van der Waals surface area contributed by atoms with E-state index in [1.165, 1.54) is 0 Å². The standard InChI is InChI=1S/C11H20N4O2S/c1-13(5-3-9(12)18)10(16)4-6-15-8-7-14(2)11(15)17/h3-8H2,1-2H3,(H2,12,18). The van der Waals surface area contributed by atoms with Crippen LogP contribution in [0.3, 0.4) is 0 Å². The van der Waals surface area contributed by atoms with Crippen molar-refractivity contribution in [2.24, 2.45) is 5.73 Å². The van der Waals surface area contributed by atoms with Crippen molar-refractivity contribution in [3.05, 3.63) is 0 Å². The number of hydrogen-bond acceptors (Lipinski definition) is 3. The molecule has 0 aromatic rings. The lowest BCUT2D eigenvalue weighted by Gasteiger charge is -2.19. The molecule has 0 saturated carbocycles.